The molecule has 0 aliphatic carbocycles. The first-order valence-corrected chi connectivity index (χ1v) is 13.3. The molecule has 4 aromatic carbocycles. The van der Waals surface area contributed by atoms with Gasteiger partial charge in [-0.3, -0.25) is 9.35 Å². The number of carbonyl (C=O) groups excluding carboxylic acids is 1. The number of fused-ring (bicyclic) bond motifs is 1. The molecule has 0 heterocycles. The Balaban J connectivity index is 0.00000420. The Morgan fingerprint density at radius 3 is 2.46 bits per heavy atom. The van der Waals surface area contributed by atoms with Crippen molar-refractivity contribution in [1.82, 2.24) is 0 Å². The van der Waals surface area contributed by atoms with E-state index in [4.69, 9.17) is 27.9 Å². The third kappa shape index (κ3) is 6.55. The normalized spacial score (nSPS) is 11.4. The standard InChI is InChI=1S/C26H21Cl2N3O6S.Na/c1-3-14-8-11-20(22(28)25(14)38(34,35)36)30-31-23-17-7-5-4-6-15(17)12-18(24(23)32)26(33)29-16-9-10-19(27)21(13-16)37-2;/h4-13,32H,3H2,1-2H3,(H,29,33)(H,34,35,36);/q;+1/p-1. The van der Waals surface area contributed by atoms with E-state index in [2.05, 4.69) is 15.5 Å². The van der Waals surface area contributed by atoms with Crippen LogP contribution in [0.25, 0.3) is 10.8 Å². The van der Waals surface area contributed by atoms with Crippen LogP contribution in [0.4, 0.5) is 17.1 Å². The summed E-state index contributed by atoms with van der Waals surface area (Å²) < 4.78 is 38.6. The van der Waals surface area contributed by atoms with Crippen LogP contribution in [-0.4, -0.2) is 26.0 Å². The number of methoxy groups -OCH3 is 1. The molecule has 0 aromatic heterocycles. The number of aryl methyl sites for hydroxylation is 1. The first-order valence-electron chi connectivity index (χ1n) is 11.1. The van der Waals surface area contributed by atoms with E-state index in [1.165, 1.54) is 31.4 Å². The molecular formula is C26H20Cl2N3NaO6S. The Labute approximate surface area is 256 Å². The van der Waals surface area contributed by atoms with Crippen molar-refractivity contribution in [3.05, 3.63) is 81.8 Å². The predicted molar refractivity (Wildman–Crippen MR) is 144 cm³/mol. The minimum absolute atomic E-state index is 0. The average Bonchev–Trinajstić information content (AvgIpc) is 2.88. The van der Waals surface area contributed by atoms with Gasteiger partial charge in [0.05, 0.1) is 22.8 Å². The molecule has 4 rings (SSSR count). The molecule has 2 N–H and O–H groups in total. The van der Waals surface area contributed by atoms with Gasteiger partial charge in [-0.25, -0.2) is 0 Å². The van der Waals surface area contributed by atoms with Crippen LogP contribution in [0, 0.1) is 0 Å². The number of nitrogens with zero attached hydrogens (tertiary/aromatic N) is 2. The summed E-state index contributed by atoms with van der Waals surface area (Å²) in [7, 11) is -3.21. The maximum Gasteiger partial charge on any atom is 1.00 e. The summed E-state index contributed by atoms with van der Waals surface area (Å²) >= 11 is 12.3. The number of benzene rings is 4. The van der Waals surface area contributed by atoms with E-state index in [0.29, 0.717) is 32.8 Å². The van der Waals surface area contributed by atoms with Crippen LogP contribution in [0.3, 0.4) is 0 Å². The van der Waals surface area contributed by atoms with E-state index in [-0.39, 0.29) is 57.9 Å². The van der Waals surface area contributed by atoms with Crippen LogP contribution >= 0.6 is 23.2 Å². The topological polar surface area (TPSA) is 140 Å². The minimum atomic E-state index is -4.65. The largest absolute Gasteiger partial charge is 1.00 e. The third-order valence-electron chi connectivity index (χ3n) is 5.68. The molecule has 0 saturated carbocycles. The second-order valence-corrected chi connectivity index (χ2v) is 10.2. The summed E-state index contributed by atoms with van der Waals surface area (Å²) in [6, 6.07) is 15.7. The molecule has 39 heavy (non-hydrogen) atoms. The number of carbonyl (C=O) groups is 1. The van der Waals surface area contributed by atoms with Crippen molar-refractivity contribution in [2.75, 3.05) is 12.4 Å². The number of anilines is 1. The molecule has 9 nitrogen and oxygen atoms in total. The third-order valence-corrected chi connectivity index (χ3v) is 7.47. The Bertz CT molecular complexity index is 1710. The molecule has 0 bridgehead atoms. The van der Waals surface area contributed by atoms with Gasteiger partial charge >= 0.3 is 29.6 Å². The number of halogens is 2. The molecule has 0 aliphatic heterocycles. The van der Waals surface area contributed by atoms with Crippen LogP contribution < -0.4 is 44.7 Å². The molecule has 0 unspecified atom stereocenters. The van der Waals surface area contributed by atoms with E-state index < -0.39 is 26.7 Å². The van der Waals surface area contributed by atoms with E-state index in [9.17, 15) is 22.9 Å². The average molecular weight is 596 g/mol. The Morgan fingerprint density at radius 2 is 1.79 bits per heavy atom. The number of rotatable bonds is 7. The van der Waals surface area contributed by atoms with Crippen molar-refractivity contribution in [3.63, 3.8) is 0 Å². The van der Waals surface area contributed by atoms with Crippen LogP contribution in [-0.2, 0) is 16.5 Å². The minimum Gasteiger partial charge on any atom is -0.870 e. The fourth-order valence-corrected chi connectivity index (χ4v) is 5.42. The number of hydrogen-bond acceptors (Lipinski definition) is 7. The number of amides is 1. The summed E-state index contributed by atoms with van der Waals surface area (Å²) in [6.45, 7) is 1.70. The zero-order chi connectivity index (χ0) is 27.6. The van der Waals surface area contributed by atoms with Gasteiger partial charge in [-0.2, -0.15) is 13.5 Å². The van der Waals surface area contributed by atoms with Crippen LogP contribution in [0.5, 0.6) is 11.5 Å². The van der Waals surface area contributed by atoms with Crippen LogP contribution in [0.2, 0.25) is 10.0 Å². The molecule has 0 saturated heterocycles. The number of hydrogen-bond donors (Lipinski definition) is 2. The van der Waals surface area contributed by atoms with Crippen molar-refractivity contribution in [3.8, 4) is 11.5 Å². The zero-order valence-electron chi connectivity index (χ0n) is 21.0. The van der Waals surface area contributed by atoms with Gasteiger partial charge in [-0.1, -0.05) is 66.2 Å². The molecule has 1 amide bonds. The van der Waals surface area contributed by atoms with Crippen molar-refractivity contribution < 1.29 is 57.2 Å². The Kier molecular flexibility index (Phi) is 10.0. The smallest absolute Gasteiger partial charge is 0.870 e. The summed E-state index contributed by atoms with van der Waals surface area (Å²) in [5, 5.41) is 25.1. The molecular weight excluding hydrogens is 576 g/mol. The van der Waals surface area contributed by atoms with Gasteiger partial charge in [0.1, 0.15) is 16.3 Å². The van der Waals surface area contributed by atoms with E-state index in [1.807, 2.05) is 0 Å². The number of azo groups is 1. The summed E-state index contributed by atoms with van der Waals surface area (Å²) in [4.78, 5) is 12.6. The zero-order valence-corrected chi connectivity index (χ0v) is 25.4. The Hall–Kier alpha value is -2.70. The fraction of sp³-hybridized carbons (Fsp3) is 0.115. The monoisotopic (exact) mass is 595 g/mol. The van der Waals surface area contributed by atoms with Crippen molar-refractivity contribution in [1.29, 1.82) is 0 Å². The Morgan fingerprint density at radius 1 is 1.08 bits per heavy atom. The van der Waals surface area contributed by atoms with Gasteiger partial charge in [0, 0.05) is 22.7 Å². The first kappa shape index (κ1) is 30.8. The fourth-order valence-electron chi connectivity index (χ4n) is 3.84. The van der Waals surface area contributed by atoms with Gasteiger partial charge in [0.15, 0.2) is 0 Å². The molecule has 0 spiro atoms. The van der Waals surface area contributed by atoms with Crippen LogP contribution in [0.15, 0.2) is 75.8 Å². The molecule has 0 fully saturated rings. The molecule has 0 aliphatic rings. The van der Waals surface area contributed by atoms with Crippen LogP contribution in [0.1, 0.15) is 22.8 Å². The summed E-state index contributed by atoms with van der Waals surface area (Å²) in [6.07, 6.45) is 0.290. The maximum absolute atomic E-state index is 13.4. The van der Waals surface area contributed by atoms with E-state index >= 15 is 0 Å². The predicted octanol–water partition coefficient (Wildman–Crippen LogP) is 3.71. The maximum atomic E-state index is 13.4. The number of ether oxygens (including phenoxy) is 1. The van der Waals surface area contributed by atoms with Gasteiger partial charge < -0.3 is 15.2 Å². The van der Waals surface area contributed by atoms with Crippen molar-refractivity contribution >= 4 is 67.1 Å². The molecule has 0 radical (unpaired) electrons. The second kappa shape index (κ2) is 12.6. The molecule has 4 aromatic rings. The van der Waals surface area contributed by atoms with Crippen molar-refractivity contribution in [2.24, 2.45) is 10.2 Å². The van der Waals surface area contributed by atoms with Gasteiger partial charge in [-0.15, -0.1) is 5.11 Å². The summed E-state index contributed by atoms with van der Waals surface area (Å²) in [5.41, 5.74) is 0.225. The SMILES string of the molecule is CCc1ccc(N=Nc2c([O-])c(C(=O)Nc3ccc(Cl)c(OC)c3)cc3ccccc23)c(Cl)c1S(=O)(=O)O.[Na+]. The first-order chi connectivity index (χ1) is 18.0. The molecule has 196 valence electrons. The van der Waals surface area contributed by atoms with Crippen molar-refractivity contribution in [2.45, 2.75) is 18.2 Å². The van der Waals surface area contributed by atoms with Gasteiger partial charge in [-0.05, 0) is 41.6 Å². The van der Waals surface area contributed by atoms with E-state index in [1.54, 1.807) is 43.3 Å². The second-order valence-electron chi connectivity index (χ2n) is 8.04. The van der Waals surface area contributed by atoms with E-state index in [0.717, 1.165) is 0 Å². The summed E-state index contributed by atoms with van der Waals surface area (Å²) in [5.74, 6) is -1.06. The number of nitrogens with one attached hydrogen (secondary N) is 1. The van der Waals surface area contributed by atoms with Gasteiger partial charge in [0.2, 0.25) is 0 Å². The molecule has 0 atom stereocenters. The molecule has 13 heteroatoms. The quantitative estimate of drug-likeness (QED) is 0.189. The van der Waals surface area contributed by atoms with Gasteiger partial charge in [0.25, 0.3) is 16.0 Å².